The molecule has 0 unspecified atom stereocenters. The first kappa shape index (κ1) is 10.7. The summed E-state index contributed by atoms with van der Waals surface area (Å²) in [5.74, 6) is -1.01. The Hall–Kier alpha value is -1.39. The van der Waals surface area contributed by atoms with Crippen LogP contribution in [0.1, 0.15) is 26.2 Å². The molecule has 0 aromatic rings. The van der Waals surface area contributed by atoms with E-state index in [2.05, 4.69) is 0 Å². The highest BCUT2D eigenvalue weighted by molar-refractivity contribution is 5.98. The number of nitrogens with zero attached hydrogens (tertiary/aromatic N) is 1. The smallest absolute Gasteiger partial charge is 0.232 e. The van der Waals surface area contributed by atoms with Crippen LogP contribution in [0.25, 0.3) is 0 Å². The molecule has 0 spiro atoms. The molecule has 1 fully saturated rings. The van der Waals surface area contributed by atoms with Crippen LogP contribution in [0.2, 0.25) is 0 Å². The van der Waals surface area contributed by atoms with Crippen molar-refractivity contribution in [2.45, 2.75) is 32.2 Å². The van der Waals surface area contributed by atoms with Gasteiger partial charge in [-0.25, -0.2) is 0 Å². The summed E-state index contributed by atoms with van der Waals surface area (Å²) in [5.41, 5.74) is 4.91. The van der Waals surface area contributed by atoms with E-state index in [1.54, 1.807) is 0 Å². The molecule has 0 bridgehead atoms. The van der Waals surface area contributed by atoms with E-state index in [1.807, 2.05) is 0 Å². The van der Waals surface area contributed by atoms with Crippen molar-refractivity contribution in [3.05, 3.63) is 0 Å². The first-order valence-electron chi connectivity index (χ1n) is 4.60. The summed E-state index contributed by atoms with van der Waals surface area (Å²) in [6.45, 7) is 2.01. The van der Waals surface area contributed by atoms with Gasteiger partial charge in [0.05, 0.1) is 6.04 Å². The molecule has 14 heavy (non-hydrogen) atoms. The maximum Gasteiger partial charge on any atom is 0.232 e. The summed E-state index contributed by atoms with van der Waals surface area (Å²) in [7, 11) is 0. The Morgan fingerprint density at radius 1 is 1.43 bits per heavy atom. The van der Waals surface area contributed by atoms with Crippen LogP contribution in [0.3, 0.4) is 0 Å². The van der Waals surface area contributed by atoms with Crippen LogP contribution in [0.5, 0.6) is 0 Å². The molecule has 1 atom stereocenters. The zero-order chi connectivity index (χ0) is 10.7. The van der Waals surface area contributed by atoms with Crippen LogP contribution >= 0.6 is 0 Å². The number of hydrogen-bond donors (Lipinski definition) is 1. The van der Waals surface area contributed by atoms with Crippen molar-refractivity contribution < 1.29 is 14.4 Å². The van der Waals surface area contributed by atoms with E-state index in [9.17, 15) is 14.4 Å². The Morgan fingerprint density at radius 3 is 2.57 bits per heavy atom. The van der Waals surface area contributed by atoms with Gasteiger partial charge in [0.25, 0.3) is 0 Å². The van der Waals surface area contributed by atoms with Crippen molar-refractivity contribution in [3.8, 4) is 0 Å². The normalized spacial score (nSPS) is 20.9. The Kier molecular flexibility index (Phi) is 3.22. The van der Waals surface area contributed by atoms with E-state index >= 15 is 0 Å². The number of likely N-dealkylation sites (tertiary alicyclic amines) is 1. The standard InChI is InChI=1S/C9H14N2O3/c1-6(12)7-3-2-4-11(7)9(14)5-8(10)13/h7H,2-5H2,1H3,(H2,10,13)/t7-/m1/s1. The Balaban J connectivity index is 2.62. The number of amides is 2. The lowest BCUT2D eigenvalue weighted by atomic mass is 10.1. The minimum absolute atomic E-state index is 0.0275. The predicted octanol–water partition coefficient (Wildman–Crippen LogP) is -0.558. The summed E-state index contributed by atoms with van der Waals surface area (Å²) in [6, 6.07) is -0.346. The van der Waals surface area contributed by atoms with Crippen molar-refractivity contribution in [1.82, 2.24) is 4.90 Å². The van der Waals surface area contributed by atoms with Crippen molar-refractivity contribution in [1.29, 1.82) is 0 Å². The largest absolute Gasteiger partial charge is 0.369 e. The molecule has 0 radical (unpaired) electrons. The fourth-order valence-electron chi connectivity index (χ4n) is 1.74. The minimum atomic E-state index is -0.649. The highest BCUT2D eigenvalue weighted by atomic mass is 16.2. The monoisotopic (exact) mass is 198 g/mol. The molecule has 5 nitrogen and oxygen atoms in total. The molecule has 2 amide bonds. The van der Waals surface area contributed by atoms with Crippen molar-refractivity contribution >= 4 is 17.6 Å². The number of ketones is 1. The molecular formula is C9H14N2O3. The fraction of sp³-hybridized carbons (Fsp3) is 0.667. The predicted molar refractivity (Wildman–Crippen MR) is 49.2 cm³/mol. The topological polar surface area (TPSA) is 80.5 Å². The lowest BCUT2D eigenvalue weighted by Crippen LogP contribution is -2.41. The molecule has 0 aromatic heterocycles. The van der Waals surface area contributed by atoms with Gasteiger partial charge in [-0.3, -0.25) is 14.4 Å². The number of nitrogens with two attached hydrogens (primary N) is 1. The second kappa shape index (κ2) is 4.21. The van der Waals surface area contributed by atoms with Crippen LogP contribution in [-0.2, 0) is 14.4 Å². The molecule has 1 heterocycles. The highest BCUT2D eigenvalue weighted by Gasteiger charge is 2.31. The third kappa shape index (κ3) is 2.31. The van der Waals surface area contributed by atoms with Gasteiger partial charge in [0, 0.05) is 6.54 Å². The van der Waals surface area contributed by atoms with E-state index in [-0.39, 0.29) is 24.2 Å². The van der Waals surface area contributed by atoms with Gasteiger partial charge in [-0.15, -0.1) is 0 Å². The summed E-state index contributed by atoms with van der Waals surface area (Å²) in [5, 5.41) is 0. The summed E-state index contributed by atoms with van der Waals surface area (Å²) in [6.07, 6.45) is 1.21. The Labute approximate surface area is 82.2 Å². The molecule has 1 aliphatic heterocycles. The number of Topliss-reactive ketones (excluding diaryl/α,β-unsaturated/α-hetero) is 1. The average Bonchev–Trinajstić information content (AvgIpc) is 2.49. The van der Waals surface area contributed by atoms with Gasteiger partial charge in [0.15, 0.2) is 5.78 Å². The van der Waals surface area contributed by atoms with Crippen molar-refractivity contribution in [2.24, 2.45) is 5.73 Å². The minimum Gasteiger partial charge on any atom is -0.369 e. The fourth-order valence-corrected chi connectivity index (χ4v) is 1.74. The molecule has 1 aliphatic rings. The number of carbonyl (C=O) groups excluding carboxylic acids is 3. The van der Waals surface area contributed by atoms with Gasteiger partial charge >= 0.3 is 0 Å². The summed E-state index contributed by atoms with van der Waals surface area (Å²) >= 11 is 0. The third-order valence-electron chi connectivity index (χ3n) is 2.37. The molecule has 0 aliphatic carbocycles. The molecular weight excluding hydrogens is 184 g/mol. The number of primary amides is 1. The molecule has 1 saturated heterocycles. The molecule has 5 heteroatoms. The maximum absolute atomic E-state index is 11.4. The van der Waals surface area contributed by atoms with Gasteiger partial charge in [-0.05, 0) is 19.8 Å². The summed E-state index contributed by atoms with van der Waals surface area (Å²) in [4.78, 5) is 34.6. The Bertz CT molecular complexity index is 275. The van der Waals surface area contributed by atoms with E-state index in [4.69, 9.17) is 5.73 Å². The van der Waals surface area contributed by atoms with Gasteiger partial charge in [-0.1, -0.05) is 0 Å². The number of carbonyl (C=O) groups is 3. The van der Waals surface area contributed by atoms with Gasteiger partial charge < -0.3 is 10.6 Å². The second-order valence-corrected chi connectivity index (χ2v) is 3.50. The van der Waals surface area contributed by atoms with Crippen molar-refractivity contribution in [3.63, 3.8) is 0 Å². The van der Waals surface area contributed by atoms with Crippen LogP contribution in [-0.4, -0.2) is 35.1 Å². The molecule has 78 valence electrons. The zero-order valence-electron chi connectivity index (χ0n) is 8.16. The first-order chi connectivity index (χ1) is 6.52. The molecule has 0 aromatic carbocycles. The van der Waals surface area contributed by atoms with Crippen LogP contribution < -0.4 is 5.73 Å². The van der Waals surface area contributed by atoms with Gasteiger partial charge in [0.2, 0.25) is 11.8 Å². The van der Waals surface area contributed by atoms with Gasteiger partial charge in [-0.2, -0.15) is 0 Å². The highest BCUT2D eigenvalue weighted by Crippen LogP contribution is 2.18. The van der Waals surface area contributed by atoms with E-state index in [0.717, 1.165) is 6.42 Å². The van der Waals surface area contributed by atoms with Crippen LogP contribution in [0.15, 0.2) is 0 Å². The van der Waals surface area contributed by atoms with Gasteiger partial charge in [0.1, 0.15) is 6.42 Å². The number of hydrogen-bond acceptors (Lipinski definition) is 3. The lowest BCUT2D eigenvalue weighted by Gasteiger charge is -2.21. The zero-order valence-corrected chi connectivity index (χ0v) is 8.16. The van der Waals surface area contributed by atoms with E-state index in [0.29, 0.717) is 13.0 Å². The van der Waals surface area contributed by atoms with Crippen LogP contribution in [0.4, 0.5) is 0 Å². The average molecular weight is 198 g/mol. The number of rotatable bonds is 3. The molecule has 2 N–H and O–H groups in total. The van der Waals surface area contributed by atoms with Crippen LogP contribution in [0, 0.1) is 0 Å². The quantitative estimate of drug-likeness (QED) is 0.617. The lowest BCUT2D eigenvalue weighted by molar-refractivity contribution is -0.139. The Morgan fingerprint density at radius 2 is 2.07 bits per heavy atom. The first-order valence-corrected chi connectivity index (χ1v) is 4.60. The van der Waals surface area contributed by atoms with E-state index < -0.39 is 5.91 Å². The third-order valence-corrected chi connectivity index (χ3v) is 2.37. The van der Waals surface area contributed by atoms with Crippen molar-refractivity contribution in [2.75, 3.05) is 6.54 Å². The molecule has 0 saturated carbocycles. The SMILES string of the molecule is CC(=O)[C@H]1CCCN1C(=O)CC(N)=O. The second-order valence-electron chi connectivity index (χ2n) is 3.50. The molecule has 1 rings (SSSR count). The van der Waals surface area contributed by atoms with E-state index in [1.165, 1.54) is 11.8 Å². The summed E-state index contributed by atoms with van der Waals surface area (Å²) < 4.78 is 0. The maximum atomic E-state index is 11.4.